The normalized spacial score (nSPS) is 17.1. The topological polar surface area (TPSA) is 3.24 Å². The number of hydrogen-bond acceptors (Lipinski definition) is 1. The number of nitrogens with zero attached hydrogens (tertiary/aromatic N) is 1. The molecule has 0 aliphatic heterocycles. The molecule has 1 aromatic carbocycles. The Morgan fingerprint density at radius 3 is 2.22 bits per heavy atom. The molecule has 1 nitrogen and oxygen atoms in total. The minimum absolute atomic E-state index is 0.221. The van der Waals surface area contributed by atoms with Gasteiger partial charge in [0.25, 0.3) is 0 Å². The summed E-state index contributed by atoms with van der Waals surface area (Å²) in [6.45, 7) is 12.5. The van der Waals surface area contributed by atoms with Crippen LogP contribution in [-0.2, 0) is 0 Å². The first kappa shape index (κ1) is 18.3. The maximum Gasteiger partial charge on any atom is 0.0406 e. The molecule has 23 heavy (non-hydrogen) atoms. The van der Waals surface area contributed by atoms with E-state index in [0.29, 0.717) is 0 Å². The van der Waals surface area contributed by atoms with E-state index in [0.717, 1.165) is 18.0 Å². The second-order valence-corrected chi connectivity index (χ2v) is 7.72. The molecule has 0 radical (unpaired) electrons. The molecule has 0 heterocycles. The van der Waals surface area contributed by atoms with Crippen LogP contribution >= 0.6 is 11.6 Å². The largest absolute Gasteiger partial charge is 0.299 e. The van der Waals surface area contributed by atoms with Crippen molar-refractivity contribution in [2.75, 3.05) is 19.6 Å². The molecule has 0 saturated heterocycles. The van der Waals surface area contributed by atoms with Crippen LogP contribution in [-0.4, -0.2) is 24.5 Å². The van der Waals surface area contributed by atoms with Crippen LogP contribution in [0.1, 0.15) is 52.5 Å². The van der Waals surface area contributed by atoms with Crippen molar-refractivity contribution in [3.63, 3.8) is 0 Å². The molecule has 126 valence electrons. The van der Waals surface area contributed by atoms with Crippen molar-refractivity contribution in [3.8, 4) is 0 Å². The highest BCUT2D eigenvalue weighted by Crippen LogP contribution is 2.39. The van der Waals surface area contributed by atoms with Crippen LogP contribution in [0.2, 0.25) is 5.02 Å². The van der Waals surface area contributed by atoms with Crippen LogP contribution in [0, 0.1) is 5.41 Å². The predicted octanol–water partition coefficient (Wildman–Crippen LogP) is 6.20. The Bertz CT molecular complexity index is 560. The van der Waals surface area contributed by atoms with E-state index in [1.165, 1.54) is 42.6 Å². The minimum Gasteiger partial charge on any atom is -0.299 e. The third-order valence-corrected chi connectivity index (χ3v) is 4.67. The van der Waals surface area contributed by atoms with Gasteiger partial charge in [-0.15, -0.1) is 0 Å². The summed E-state index contributed by atoms with van der Waals surface area (Å²) in [4.78, 5) is 2.58. The van der Waals surface area contributed by atoms with Gasteiger partial charge in [0.05, 0.1) is 0 Å². The van der Waals surface area contributed by atoms with Crippen LogP contribution in [0.5, 0.6) is 0 Å². The fourth-order valence-electron chi connectivity index (χ4n) is 3.28. The van der Waals surface area contributed by atoms with Gasteiger partial charge in [-0.05, 0) is 66.6 Å². The molecule has 1 aliphatic rings. The molecule has 0 N–H and O–H groups in total. The quantitative estimate of drug-likeness (QED) is 0.574. The Balaban J connectivity index is 2.33. The van der Waals surface area contributed by atoms with Gasteiger partial charge in [0, 0.05) is 11.6 Å². The van der Waals surface area contributed by atoms with E-state index in [1.54, 1.807) is 0 Å². The lowest BCUT2D eigenvalue weighted by Crippen LogP contribution is -2.29. The second kappa shape index (κ2) is 8.17. The van der Waals surface area contributed by atoms with Crippen LogP contribution in [0.15, 0.2) is 42.0 Å². The van der Waals surface area contributed by atoms with Crippen molar-refractivity contribution in [2.24, 2.45) is 5.41 Å². The Morgan fingerprint density at radius 2 is 1.65 bits per heavy atom. The lowest BCUT2D eigenvalue weighted by atomic mass is 9.77. The molecule has 0 saturated carbocycles. The van der Waals surface area contributed by atoms with E-state index in [9.17, 15) is 0 Å². The molecule has 0 atom stereocenters. The van der Waals surface area contributed by atoms with E-state index >= 15 is 0 Å². The van der Waals surface area contributed by atoms with E-state index in [2.05, 4.69) is 56.9 Å². The van der Waals surface area contributed by atoms with Crippen molar-refractivity contribution < 1.29 is 0 Å². The van der Waals surface area contributed by atoms with Crippen molar-refractivity contribution in [1.29, 1.82) is 0 Å². The third kappa shape index (κ3) is 5.22. The molecule has 1 aliphatic carbocycles. The Morgan fingerprint density at radius 1 is 1.04 bits per heavy atom. The van der Waals surface area contributed by atoms with Gasteiger partial charge in [0.15, 0.2) is 0 Å². The van der Waals surface area contributed by atoms with E-state index < -0.39 is 0 Å². The predicted molar refractivity (Wildman–Crippen MR) is 103 cm³/mol. The number of rotatable bonds is 7. The second-order valence-electron chi connectivity index (χ2n) is 7.29. The third-order valence-electron chi connectivity index (χ3n) is 4.42. The van der Waals surface area contributed by atoms with Crippen LogP contribution in [0.3, 0.4) is 0 Å². The van der Waals surface area contributed by atoms with Crippen molar-refractivity contribution >= 4 is 17.2 Å². The molecule has 0 fully saturated rings. The number of allylic oxidation sites excluding steroid dienone is 2. The average Bonchev–Trinajstić information content (AvgIpc) is 2.50. The monoisotopic (exact) mass is 331 g/mol. The fraction of sp³-hybridized carbons (Fsp3) is 0.524. The van der Waals surface area contributed by atoms with Gasteiger partial charge in [-0.2, -0.15) is 0 Å². The molecule has 1 aromatic rings. The average molecular weight is 332 g/mol. The standard InChI is InChI=1S/C21H30ClN/c1-5-13-23(14-6-2)16-18-11-12-21(3,4)15-20(18)17-7-9-19(22)10-8-17/h7-12H,5-6,13-16H2,1-4H3. The summed E-state index contributed by atoms with van der Waals surface area (Å²) in [5, 5.41) is 0.806. The van der Waals surface area contributed by atoms with Crippen LogP contribution < -0.4 is 0 Å². The Kier molecular flexibility index (Phi) is 6.50. The van der Waals surface area contributed by atoms with E-state index in [-0.39, 0.29) is 5.41 Å². The summed E-state index contributed by atoms with van der Waals surface area (Å²) < 4.78 is 0. The number of halogens is 1. The maximum atomic E-state index is 6.07. The van der Waals surface area contributed by atoms with E-state index in [4.69, 9.17) is 11.6 Å². The summed E-state index contributed by atoms with van der Waals surface area (Å²) in [6, 6.07) is 8.33. The highest BCUT2D eigenvalue weighted by Gasteiger charge is 2.24. The van der Waals surface area contributed by atoms with Gasteiger partial charge >= 0.3 is 0 Å². The zero-order valence-corrected chi connectivity index (χ0v) is 15.8. The first-order chi connectivity index (χ1) is 10.9. The zero-order valence-electron chi connectivity index (χ0n) is 15.0. The smallest absolute Gasteiger partial charge is 0.0406 e. The molecule has 0 bridgehead atoms. The number of benzene rings is 1. The maximum absolute atomic E-state index is 6.07. The van der Waals surface area contributed by atoms with Gasteiger partial charge in [0.1, 0.15) is 0 Å². The summed E-state index contributed by atoms with van der Waals surface area (Å²) >= 11 is 6.07. The molecule has 0 unspecified atom stereocenters. The first-order valence-corrected chi connectivity index (χ1v) is 9.22. The van der Waals surface area contributed by atoms with Gasteiger partial charge in [-0.1, -0.05) is 63.6 Å². The van der Waals surface area contributed by atoms with Gasteiger partial charge in [0.2, 0.25) is 0 Å². The zero-order chi connectivity index (χ0) is 16.9. The van der Waals surface area contributed by atoms with Gasteiger partial charge < -0.3 is 0 Å². The fourth-order valence-corrected chi connectivity index (χ4v) is 3.41. The van der Waals surface area contributed by atoms with E-state index in [1.807, 2.05) is 12.1 Å². The molecular weight excluding hydrogens is 302 g/mol. The first-order valence-electron chi connectivity index (χ1n) is 8.84. The summed E-state index contributed by atoms with van der Waals surface area (Å²) in [5.41, 5.74) is 4.48. The lowest BCUT2D eigenvalue weighted by Gasteiger charge is -2.31. The molecule has 0 aromatic heterocycles. The minimum atomic E-state index is 0.221. The highest BCUT2D eigenvalue weighted by molar-refractivity contribution is 6.30. The van der Waals surface area contributed by atoms with Crippen molar-refractivity contribution in [2.45, 2.75) is 47.0 Å². The Hall–Kier alpha value is -1.05. The highest BCUT2D eigenvalue weighted by atomic mass is 35.5. The molecule has 2 heteroatoms. The summed E-state index contributed by atoms with van der Waals surface area (Å²) in [7, 11) is 0. The molecular formula is C21H30ClN. The van der Waals surface area contributed by atoms with Crippen LogP contribution in [0.4, 0.5) is 0 Å². The van der Waals surface area contributed by atoms with Gasteiger partial charge in [-0.3, -0.25) is 4.90 Å². The molecule has 2 rings (SSSR count). The summed E-state index contributed by atoms with van der Waals surface area (Å²) in [5.74, 6) is 0. The molecule has 0 spiro atoms. The van der Waals surface area contributed by atoms with Crippen molar-refractivity contribution in [3.05, 3.63) is 52.6 Å². The SMILES string of the molecule is CCCN(CCC)CC1=C(c2ccc(Cl)cc2)CC(C)(C)C=C1. The van der Waals surface area contributed by atoms with Crippen LogP contribution in [0.25, 0.3) is 5.57 Å². The van der Waals surface area contributed by atoms with Gasteiger partial charge in [-0.25, -0.2) is 0 Å². The van der Waals surface area contributed by atoms with Crippen molar-refractivity contribution in [1.82, 2.24) is 4.90 Å². The Labute approximate surface area is 147 Å². The summed E-state index contributed by atoms with van der Waals surface area (Å²) in [6.07, 6.45) is 8.23. The number of hydrogen-bond donors (Lipinski definition) is 0. The lowest BCUT2D eigenvalue weighted by molar-refractivity contribution is 0.298. The molecule has 0 amide bonds.